The van der Waals surface area contributed by atoms with Gasteiger partial charge < -0.3 is 0 Å². The van der Waals surface area contributed by atoms with Crippen LogP contribution in [0.5, 0.6) is 0 Å². The highest BCUT2D eigenvalue weighted by atomic mass is 16.6. The summed E-state index contributed by atoms with van der Waals surface area (Å²) in [5, 5.41) is 12.2. The first-order chi connectivity index (χ1) is 10.7. The number of nitrogens with one attached hydrogen (secondary N) is 1. The molecule has 0 saturated carbocycles. The molecule has 2 aromatic rings. The van der Waals surface area contributed by atoms with Crippen molar-refractivity contribution in [1.29, 1.82) is 0 Å². The summed E-state index contributed by atoms with van der Waals surface area (Å²) in [4.78, 5) is 21.5. The number of nitrogens with zero attached hydrogens (tertiary/aromatic N) is 2. The van der Waals surface area contributed by atoms with Crippen molar-refractivity contribution < 1.29 is 9.72 Å². The Morgan fingerprint density at radius 1 is 1.09 bits per heavy atom. The number of nitro benzene ring substituents is 1. The van der Waals surface area contributed by atoms with Gasteiger partial charge in [-0.15, -0.1) is 0 Å². The second-order valence-electron chi connectivity index (χ2n) is 4.86. The van der Waals surface area contributed by atoms with E-state index in [4.69, 9.17) is 0 Å². The van der Waals surface area contributed by atoms with Gasteiger partial charge in [0.1, 0.15) is 0 Å². The number of carbonyl (C=O) groups is 1. The molecule has 0 bridgehead atoms. The first kappa shape index (κ1) is 13.8. The quantitative estimate of drug-likeness (QED) is 0.534. The topological polar surface area (TPSA) is 75.5 Å². The van der Waals surface area contributed by atoms with Crippen LogP contribution in [0.2, 0.25) is 0 Å². The second-order valence-corrected chi connectivity index (χ2v) is 4.86. The van der Waals surface area contributed by atoms with Crippen molar-refractivity contribution in [2.24, 2.45) is 0 Å². The fourth-order valence-electron chi connectivity index (χ4n) is 2.41. The van der Waals surface area contributed by atoms with E-state index in [0.717, 1.165) is 23.2 Å². The molecular formula is C16H13N3O3. The zero-order chi connectivity index (χ0) is 15.5. The minimum absolute atomic E-state index is 0.0363. The number of carbonyl (C=O) groups excluding carboxylic acids is 1. The van der Waals surface area contributed by atoms with Gasteiger partial charge in [-0.1, -0.05) is 30.3 Å². The molecule has 1 amide bonds. The lowest BCUT2D eigenvalue weighted by atomic mass is 10.0. The largest absolute Gasteiger partial charge is 0.295 e. The van der Waals surface area contributed by atoms with Gasteiger partial charge in [-0.3, -0.25) is 20.3 Å². The molecule has 0 spiro atoms. The number of benzene rings is 2. The van der Waals surface area contributed by atoms with E-state index in [1.165, 1.54) is 17.1 Å². The molecule has 1 aliphatic rings. The molecule has 0 saturated heterocycles. The highest BCUT2D eigenvalue weighted by Crippen LogP contribution is 2.30. The SMILES string of the molecule is O=CN1NC(c2ccc([N+](=O)[O-])cc2)=CC1c1ccccc1. The first-order valence-corrected chi connectivity index (χ1v) is 6.71. The molecule has 22 heavy (non-hydrogen) atoms. The van der Waals surface area contributed by atoms with Crippen LogP contribution < -0.4 is 5.43 Å². The van der Waals surface area contributed by atoms with Crippen molar-refractivity contribution in [3.05, 3.63) is 81.9 Å². The Hall–Kier alpha value is -3.15. The van der Waals surface area contributed by atoms with Crippen LogP contribution in [-0.2, 0) is 4.79 Å². The second kappa shape index (κ2) is 5.69. The summed E-state index contributed by atoms with van der Waals surface area (Å²) in [7, 11) is 0. The van der Waals surface area contributed by atoms with Gasteiger partial charge in [0.25, 0.3) is 5.69 Å². The van der Waals surface area contributed by atoms with Gasteiger partial charge in [0.2, 0.25) is 6.41 Å². The van der Waals surface area contributed by atoms with E-state index >= 15 is 0 Å². The van der Waals surface area contributed by atoms with Crippen LogP contribution in [0.4, 0.5) is 5.69 Å². The molecule has 0 radical (unpaired) electrons. The molecule has 0 aliphatic carbocycles. The summed E-state index contributed by atoms with van der Waals surface area (Å²) in [6, 6.07) is 15.6. The predicted octanol–water partition coefficient (Wildman–Crippen LogP) is 2.65. The Morgan fingerprint density at radius 2 is 1.77 bits per heavy atom. The van der Waals surface area contributed by atoms with Gasteiger partial charge >= 0.3 is 0 Å². The number of nitro groups is 1. The highest BCUT2D eigenvalue weighted by Gasteiger charge is 2.25. The minimum Gasteiger partial charge on any atom is -0.295 e. The third kappa shape index (κ3) is 2.54. The van der Waals surface area contributed by atoms with Crippen molar-refractivity contribution in [2.75, 3.05) is 0 Å². The number of rotatable bonds is 4. The molecular weight excluding hydrogens is 282 g/mol. The van der Waals surface area contributed by atoms with E-state index in [0.29, 0.717) is 0 Å². The van der Waals surface area contributed by atoms with Crippen molar-refractivity contribution in [1.82, 2.24) is 10.4 Å². The monoisotopic (exact) mass is 295 g/mol. The molecule has 6 heteroatoms. The van der Waals surface area contributed by atoms with Crippen LogP contribution in [0.15, 0.2) is 60.7 Å². The molecule has 1 unspecified atom stereocenters. The van der Waals surface area contributed by atoms with Crippen LogP contribution in [0, 0.1) is 10.1 Å². The Bertz CT molecular complexity index is 726. The number of amides is 1. The number of hydrogen-bond donors (Lipinski definition) is 1. The fourth-order valence-corrected chi connectivity index (χ4v) is 2.41. The van der Waals surface area contributed by atoms with Crippen LogP contribution in [-0.4, -0.2) is 16.3 Å². The maximum atomic E-state index is 11.3. The van der Waals surface area contributed by atoms with Crippen LogP contribution >= 0.6 is 0 Å². The summed E-state index contributed by atoms with van der Waals surface area (Å²) in [5.74, 6) is 0. The average molecular weight is 295 g/mol. The summed E-state index contributed by atoms with van der Waals surface area (Å²) in [6.45, 7) is 0. The van der Waals surface area contributed by atoms with E-state index in [1.54, 1.807) is 12.1 Å². The average Bonchev–Trinajstić information content (AvgIpc) is 3.00. The van der Waals surface area contributed by atoms with Gasteiger partial charge in [0.05, 0.1) is 16.7 Å². The zero-order valence-corrected chi connectivity index (χ0v) is 11.5. The lowest BCUT2D eigenvalue weighted by Crippen LogP contribution is -2.32. The summed E-state index contributed by atoms with van der Waals surface area (Å²) < 4.78 is 0. The van der Waals surface area contributed by atoms with Crippen molar-refractivity contribution in [3.63, 3.8) is 0 Å². The fraction of sp³-hybridized carbons (Fsp3) is 0.0625. The van der Waals surface area contributed by atoms with Crippen molar-refractivity contribution in [2.45, 2.75) is 6.04 Å². The van der Waals surface area contributed by atoms with Crippen molar-refractivity contribution in [3.8, 4) is 0 Å². The van der Waals surface area contributed by atoms with Gasteiger partial charge in [-0.2, -0.15) is 0 Å². The number of hydrogen-bond acceptors (Lipinski definition) is 4. The Labute approximate surface area is 126 Å². The predicted molar refractivity (Wildman–Crippen MR) is 81.3 cm³/mol. The molecule has 1 heterocycles. The van der Waals surface area contributed by atoms with E-state index in [1.807, 2.05) is 36.4 Å². The van der Waals surface area contributed by atoms with E-state index in [9.17, 15) is 14.9 Å². The van der Waals surface area contributed by atoms with Gasteiger partial charge in [0.15, 0.2) is 0 Å². The van der Waals surface area contributed by atoms with E-state index in [-0.39, 0.29) is 11.7 Å². The normalized spacial score (nSPS) is 16.8. The molecule has 2 aromatic carbocycles. The molecule has 3 rings (SSSR count). The maximum Gasteiger partial charge on any atom is 0.269 e. The lowest BCUT2D eigenvalue weighted by Gasteiger charge is -2.20. The van der Waals surface area contributed by atoms with Crippen LogP contribution in [0.1, 0.15) is 17.2 Å². The summed E-state index contributed by atoms with van der Waals surface area (Å²) >= 11 is 0. The molecule has 1 aliphatic heterocycles. The number of non-ortho nitro benzene ring substituents is 1. The van der Waals surface area contributed by atoms with Crippen LogP contribution in [0.3, 0.4) is 0 Å². The molecule has 1 atom stereocenters. The smallest absolute Gasteiger partial charge is 0.269 e. The maximum absolute atomic E-state index is 11.3. The molecule has 6 nitrogen and oxygen atoms in total. The van der Waals surface area contributed by atoms with Gasteiger partial charge in [-0.25, -0.2) is 5.01 Å². The summed E-state index contributed by atoms with van der Waals surface area (Å²) in [5.41, 5.74) is 5.57. The molecule has 1 N–H and O–H groups in total. The Morgan fingerprint density at radius 3 is 2.36 bits per heavy atom. The highest BCUT2D eigenvalue weighted by molar-refractivity contribution is 5.70. The Kier molecular flexibility index (Phi) is 3.57. The Balaban J connectivity index is 1.91. The van der Waals surface area contributed by atoms with Crippen LogP contribution in [0.25, 0.3) is 5.70 Å². The molecule has 0 aromatic heterocycles. The van der Waals surface area contributed by atoms with E-state index in [2.05, 4.69) is 5.43 Å². The van der Waals surface area contributed by atoms with E-state index < -0.39 is 4.92 Å². The third-order valence-corrected chi connectivity index (χ3v) is 3.52. The minimum atomic E-state index is -0.440. The third-order valence-electron chi connectivity index (χ3n) is 3.52. The molecule has 0 fully saturated rings. The summed E-state index contributed by atoms with van der Waals surface area (Å²) in [6.07, 6.45) is 2.65. The first-order valence-electron chi connectivity index (χ1n) is 6.71. The lowest BCUT2D eigenvalue weighted by molar-refractivity contribution is -0.384. The standard InChI is InChI=1S/C16H13N3O3/c20-11-18-16(13-4-2-1-3-5-13)10-15(17-18)12-6-8-14(9-7-12)19(21)22/h1-11,16-17H. The number of hydrazine groups is 1. The zero-order valence-electron chi connectivity index (χ0n) is 11.5. The molecule has 110 valence electrons. The van der Waals surface area contributed by atoms with Gasteiger partial charge in [0, 0.05) is 12.1 Å². The van der Waals surface area contributed by atoms with Gasteiger partial charge in [-0.05, 0) is 29.3 Å². The van der Waals surface area contributed by atoms with Crippen molar-refractivity contribution >= 4 is 17.8 Å².